The minimum Gasteiger partial charge on any atom is -0.449 e. The molecule has 6 nitrogen and oxygen atoms in total. The number of alkyl halides is 3. The summed E-state index contributed by atoms with van der Waals surface area (Å²) in [5.41, 5.74) is -2.68. The number of benzene rings is 2. The van der Waals surface area contributed by atoms with E-state index in [9.17, 15) is 40.3 Å². The first-order chi connectivity index (χ1) is 14.9. The van der Waals surface area contributed by atoms with Crippen LogP contribution in [0.15, 0.2) is 36.0 Å². The van der Waals surface area contributed by atoms with E-state index in [4.69, 9.17) is 9.84 Å². The topological polar surface area (TPSA) is 78.9 Å². The Kier molecular flexibility index (Phi) is 6.12. The number of β-amino-alcohol motifs (C(OH)–C–C–N with tert-alkyl or cyclic N) is 1. The third-order valence-electron chi connectivity index (χ3n) is 4.16. The zero-order chi connectivity index (χ0) is 23.8. The van der Waals surface area contributed by atoms with Crippen LogP contribution < -0.4 is 10.1 Å². The Morgan fingerprint density at radius 1 is 0.938 bits per heavy atom. The summed E-state index contributed by atoms with van der Waals surface area (Å²) in [6.45, 7) is -0.910. The molecule has 0 aliphatic carbocycles. The molecule has 0 spiro atoms. The number of halogens is 7. The zero-order valence-corrected chi connectivity index (χ0v) is 15.6. The number of hydrogen-bond acceptors (Lipinski definition) is 5. The van der Waals surface area contributed by atoms with Crippen LogP contribution in [0.25, 0.3) is 0 Å². The Morgan fingerprint density at radius 2 is 1.53 bits per heavy atom. The lowest BCUT2D eigenvalue weighted by atomic mass is 10.2. The molecule has 0 radical (unpaired) electrons. The fourth-order valence-corrected chi connectivity index (χ4v) is 2.70. The molecule has 0 unspecified atom stereocenters. The summed E-state index contributed by atoms with van der Waals surface area (Å²) in [5, 5.41) is 11.1. The molecule has 2 aromatic carbocycles. The number of carbonyl (C=O) groups is 2. The molecule has 3 rings (SSSR count). The molecule has 13 heteroatoms. The van der Waals surface area contributed by atoms with E-state index in [0.717, 1.165) is 6.08 Å². The number of ether oxygens (including phenoxy) is 1. The molecule has 0 saturated heterocycles. The second-order valence-electron chi connectivity index (χ2n) is 6.33. The highest BCUT2D eigenvalue weighted by Crippen LogP contribution is 2.38. The molecular formula is C19H11F7N2O4. The van der Waals surface area contributed by atoms with Gasteiger partial charge in [0.2, 0.25) is 0 Å². The number of anilines is 1. The number of nitrogens with zero attached hydrogens (tertiary/aromatic N) is 1. The molecule has 0 saturated carbocycles. The van der Waals surface area contributed by atoms with E-state index >= 15 is 0 Å². The van der Waals surface area contributed by atoms with Gasteiger partial charge < -0.3 is 15.2 Å². The normalized spacial score (nSPS) is 14.1. The van der Waals surface area contributed by atoms with Crippen molar-refractivity contribution < 1.29 is 50.2 Å². The molecule has 2 aromatic rings. The quantitative estimate of drug-likeness (QED) is 0.504. The van der Waals surface area contributed by atoms with Crippen molar-refractivity contribution in [2.24, 2.45) is 0 Å². The monoisotopic (exact) mass is 464 g/mol. The zero-order valence-electron chi connectivity index (χ0n) is 15.6. The predicted octanol–water partition coefficient (Wildman–Crippen LogP) is 3.71. The molecule has 170 valence electrons. The Bertz CT molecular complexity index is 1110. The number of hydrogen-bond donors (Lipinski definition) is 2. The van der Waals surface area contributed by atoms with Gasteiger partial charge in [0, 0.05) is 18.2 Å². The summed E-state index contributed by atoms with van der Waals surface area (Å²) >= 11 is 0. The van der Waals surface area contributed by atoms with Gasteiger partial charge >= 0.3 is 6.18 Å². The van der Waals surface area contributed by atoms with Crippen molar-refractivity contribution in [3.05, 3.63) is 64.9 Å². The van der Waals surface area contributed by atoms with Crippen molar-refractivity contribution in [3.63, 3.8) is 0 Å². The average molecular weight is 464 g/mol. The van der Waals surface area contributed by atoms with Gasteiger partial charge in [-0.2, -0.15) is 13.2 Å². The third kappa shape index (κ3) is 4.51. The van der Waals surface area contributed by atoms with Gasteiger partial charge in [0.25, 0.3) is 11.8 Å². The first-order valence-electron chi connectivity index (χ1n) is 8.61. The van der Waals surface area contributed by atoms with Crippen molar-refractivity contribution in [3.8, 4) is 11.5 Å². The summed E-state index contributed by atoms with van der Waals surface area (Å²) < 4.78 is 98.6. The van der Waals surface area contributed by atoms with E-state index in [1.807, 2.05) is 0 Å². The van der Waals surface area contributed by atoms with E-state index in [-0.39, 0.29) is 18.7 Å². The van der Waals surface area contributed by atoms with Crippen LogP contribution in [-0.2, 0) is 15.8 Å². The molecule has 1 aliphatic heterocycles. The fourth-order valence-electron chi connectivity index (χ4n) is 2.70. The Morgan fingerprint density at radius 3 is 2.09 bits per heavy atom. The predicted molar refractivity (Wildman–Crippen MR) is 93.3 cm³/mol. The molecule has 0 atom stereocenters. The van der Waals surface area contributed by atoms with E-state index < -0.39 is 76.3 Å². The molecular weight excluding hydrogens is 453 g/mol. The third-order valence-corrected chi connectivity index (χ3v) is 4.16. The smallest absolute Gasteiger partial charge is 0.416 e. The Balaban J connectivity index is 1.98. The van der Waals surface area contributed by atoms with E-state index in [2.05, 4.69) is 5.32 Å². The number of imide groups is 1. The van der Waals surface area contributed by atoms with Gasteiger partial charge in [-0.05, 0) is 12.1 Å². The summed E-state index contributed by atoms with van der Waals surface area (Å²) in [4.78, 5) is 24.6. The van der Waals surface area contributed by atoms with Crippen LogP contribution in [0.1, 0.15) is 5.56 Å². The summed E-state index contributed by atoms with van der Waals surface area (Å²) in [6, 6.07) is 0.666. The van der Waals surface area contributed by atoms with Gasteiger partial charge in [-0.1, -0.05) is 0 Å². The average Bonchev–Trinajstić information content (AvgIpc) is 2.95. The van der Waals surface area contributed by atoms with Crippen LogP contribution in [0.4, 0.5) is 36.4 Å². The van der Waals surface area contributed by atoms with Gasteiger partial charge in [-0.15, -0.1) is 0 Å². The highest BCUT2D eigenvalue weighted by Gasteiger charge is 2.34. The van der Waals surface area contributed by atoms with Crippen LogP contribution in [0.3, 0.4) is 0 Å². The second kappa shape index (κ2) is 8.49. The summed E-state index contributed by atoms with van der Waals surface area (Å²) in [5.74, 6) is -10.5. The lowest BCUT2D eigenvalue weighted by molar-refractivity contribution is -0.138. The standard InChI is InChI=1S/C19H11F7N2O4/c20-9-5-13(27-14-7-16(30)28(1-2-29)18(14)31)15(6-10(9)21)32-17-11(22)3-8(4-12(17)23)19(24,25)26/h3-7,27,29H,1-2H2. The minimum atomic E-state index is -5.06. The molecule has 0 fully saturated rings. The first-order valence-corrected chi connectivity index (χ1v) is 8.61. The molecule has 2 amide bonds. The molecule has 1 aliphatic rings. The summed E-state index contributed by atoms with van der Waals surface area (Å²) in [7, 11) is 0. The van der Waals surface area contributed by atoms with Crippen LogP contribution in [0.5, 0.6) is 11.5 Å². The van der Waals surface area contributed by atoms with Crippen molar-refractivity contribution in [2.75, 3.05) is 18.5 Å². The van der Waals surface area contributed by atoms with Gasteiger partial charge in [0.15, 0.2) is 34.8 Å². The maximum Gasteiger partial charge on any atom is 0.416 e. The number of carbonyl (C=O) groups excluding carboxylic acids is 2. The van der Waals surface area contributed by atoms with Crippen molar-refractivity contribution in [1.29, 1.82) is 0 Å². The SMILES string of the molecule is O=C1C=C(Nc2cc(F)c(F)cc2Oc2c(F)cc(C(F)(F)F)cc2F)C(=O)N1CCO. The number of aliphatic hydroxyl groups is 1. The van der Waals surface area contributed by atoms with Gasteiger partial charge in [0.1, 0.15) is 5.70 Å². The molecule has 32 heavy (non-hydrogen) atoms. The van der Waals surface area contributed by atoms with Crippen LogP contribution in [0.2, 0.25) is 0 Å². The van der Waals surface area contributed by atoms with Crippen molar-refractivity contribution in [2.45, 2.75) is 6.18 Å². The first kappa shape index (κ1) is 23.1. The molecule has 0 bridgehead atoms. The maximum atomic E-state index is 14.1. The van der Waals surface area contributed by atoms with E-state index in [1.54, 1.807) is 0 Å². The largest absolute Gasteiger partial charge is 0.449 e. The van der Waals surface area contributed by atoms with Gasteiger partial charge in [-0.3, -0.25) is 14.5 Å². The highest BCUT2D eigenvalue weighted by atomic mass is 19.4. The van der Waals surface area contributed by atoms with Crippen molar-refractivity contribution in [1.82, 2.24) is 4.90 Å². The lowest BCUT2D eigenvalue weighted by Crippen LogP contribution is -2.34. The van der Waals surface area contributed by atoms with Gasteiger partial charge in [-0.25, -0.2) is 17.6 Å². The van der Waals surface area contributed by atoms with Crippen LogP contribution >= 0.6 is 0 Å². The van der Waals surface area contributed by atoms with Crippen LogP contribution in [-0.4, -0.2) is 35.0 Å². The number of aliphatic hydroxyl groups excluding tert-OH is 1. The van der Waals surface area contributed by atoms with E-state index in [1.165, 1.54) is 0 Å². The van der Waals surface area contributed by atoms with E-state index in [0.29, 0.717) is 17.0 Å². The molecule has 1 heterocycles. The lowest BCUT2D eigenvalue weighted by Gasteiger charge is -2.17. The Labute approximate surface area is 174 Å². The molecule has 0 aromatic heterocycles. The van der Waals surface area contributed by atoms with Crippen molar-refractivity contribution >= 4 is 17.5 Å². The second-order valence-corrected chi connectivity index (χ2v) is 6.33. The fraction of sp³-hybridized carbons (Fsp3) is 0.158. The van der Waals surface area contributed by atoms with Crippen LogP contribution in [0, 0.1) is 23.3 Å². The van der Waals surface area contributed by atoms with Gasteiger partial charge in [0.05, 0.1) is 24.4 Å². The maximum absolute atomic E-state index is 14.1. The minimum absolute atomic E-state index is 0.0557. The number of nitrogens with one attached hydrogen (secondary N) is 1. The Hall–Kier alpha value is -3.61. The summed E-state index contributed by atoms with van der Waals surface area (Å²) in [6.07, 6.45) is -4.29. The number of amides is 2. The molecule has 2 N–H and O–H groups in total. The highest BCUT2D eigenvalue weighted by molar-refractivity contribution is 6.17. The number of rotatable bonds is 6.